The standard InChI is InChI=1S/C35H60N2O22.2Ac/c1-9-17(40)22(45)25(48)29(51-9)35(59-33-28(24(47)19(42)12(7-39)54-33)56-32-26(49)23(46)18(41)10(2)52-32)14-11(6-38)53-30(16(37)27(14)57-35)50-8-13-20(43)21(44)15(36)31(55-13)58-34(3,4)5;;/h9-33,36-49H,6-8H2,1-5H3;;/q-2;;/t9?,10?,11?,12?,13?,14?,15?,16?,17?,18-,19?,20?,21+,22+,23?,24-,25?,26-,27-,28?,29-,30+,31-,32?,33-,35?;;/m0../s1. The van der Waals surface area contributed by atoms with Crippen LogP contribution in [0.15, 0.2) is 0 Å². The third kappa shape index (κ3) is 11.0. The third-order valence-corrected chi connectivity index (χ3v) is 11.7. The molecule has 0 saturated carbocycles. The number of fused-ring (bicyclic) bond motifs is 1. The first-order chi connectivity index (χ1) is 27.6. The first-order valence-electron chi connectivity index (χ1n) is 19.6. The van der Waals surface area contributed by atoms with Gasteiger partial charge >= 0.3 is 0 Å². The molecular formula is C35H60Ac2N2O22-2. The minimum absolute atomic E-state index is 0. The molecule has 0 spiro atoms. The number of hydrogen-bond acceptors (Lipinski definition) is 22. The molecule has 6 aliphatic rings. The van der Waals surface area contributed by atoms with Crippen LogP contribution in [0.25, 0.3) is 11.5 Å². The van der Waals surface area contributed by atoms with Crippen LogP contribution in [0.3, 0.4) is 0 Å². The van der Waals surface area contributed by atoms with Gasteiger partial charge in [0.2, 0.25) is 5.79 Å². The van der Waals surface area contributed by atoms with Crippen LogP contribution in [0.2, 0.25) is 0 Å². The first kappa shape index (κ1) is 55.5. The van der Waals surface area contributed by atoms with Crippen LogP contribution in [0.4, 0.5) is 0 Å². The summed E-state index contributed by atoms with van der Waals surface area (Å²) in [6.07, 6.45) is -35.9. The van der Waals surface area contributed by atoms with Crippen LogP contribution in [-0.4, -0.2) is 240 Å². The van der Waals surface area contributed by atoms with Crippen molar-refractivity contribution in [2.45, 2.75) is 193 Å². The quantitative estimate of drug-likeness (QED) is 0.0916. The summed E-state index contributed by atoms with van der Waals surface area (Å²) >= 11 is 0. The van der Waals surface area contributed by atoms with E-state index in [1.165, 1.54) is 13.8 Å². The Kier molecular flexibility index (Phi) is 20.1. The van der Waals surface area contributed by atoms with Gasteiger partial charge < -0.3 is 120 Å². The molecule has 14 N–H and O–H groups in total. The predicted octanol–water partition coefficient (Wildman–Crippen LogP) is -5.93. The van der Waals surface area contributed by atoms with E-state index >= 15 is 0 Å². The van der Waals surface area contributed by atoms with Crippen molar-refractivity contribution in [3.63, 3.8) is 0 Å². The summed E-state index contributed by atoms with van der Waals surface area (Å²) in [6, 6.07) is -2.88. The normalized spacial score (nSPS) is 52.9. The molecule has 6 fully saturated rings. The summed E-state index contributed by atoms with van der Waals surface area (Å²) in [5.41, 5.74) is 16.6. The van der Waals surface area contributed by atoms with E-state index in [4.69, 9.17) is 58.8 Å². The molecule has 26 heteroatoms. The van der Waals surface area contributed by atoms with Gasteiger partial charge in [0, 0.05) is 88.1 Å². The van der Waals surface area contributed by atoms with Crippen molar-refractivity contribution in [2.75, 3.05) is 19.8 Å². The Morgan fingerprint density at radius 3 is 1.69 bits per heavy atom. The zero-order valence-electron chi connectivity index (χ0n) is 34.2. The molecule has 2 radical (unpaired) electrons. The summed E-state index contributed by atoms with van der Waals surface area (Å²) in [5, 5.41) is 128. The molecule has 350 valence electrons. The molecule has 0 amide bonds. The fourth-order valence-corrected chi connectivity index (χ4v) is 8.36. The summed E-state index contributed by atoms with van der Waals surface area (Å²) in [5.74, 6) is -3.78. The van der Waals surface area contributed by atoms with Gasteiger partial charge in [0.15, 0.2) is 12.6 Å². The van der Waals surface area contributed by atoms with Crippen LogP contribution in [0, 0.1) is 94.0 Å². The van der Waals surface area contributed by atoms with Crippen molar-refractivity contribution in [3.8, 4) is 0 Å². The van der Waals surface area contributed by atoms with E-state index in [9.17, 15) is 61.3 Å². The average molecular weight is 1310 g/mol. The van der Waals surface area contributed by atoms with Crippen molar-refractivity contribution in [3.05, 3.63) is 11.5 Å². The van der Waals surface area contributed by atoms with Gasteiger partial charge in [-0.25, -0.2) is 0 Å². The van der Waals surface area contributed by atoms with Gasteiger partial charge in [0.1, 0.15) is 91.9 Å². The fourth-order valence-electron chi connectivity index (χ4n) is 8.36. The average Bonchev–Trinajstić information content (AvgIpc) is 3.18. The molecule has 0 bridgehead atoms. The van der Waals surface area contributed by atoms with Gasteiger partial charge in [-0.05, 0) is 34.6 Å². The molecule has 24 nitrogen and oxygen atoms in total. The molecule has 0 aromatic carbocycles. The number of rotatable bonds is 11. The summed E-state index contributed by atoms with van der Waals surface area (Å²) in [6.45, 7) is 5.62. The maximum absolute atomic E-state index is 11.4. The second-order valence-corrected chi connectivity index (χ2v) is 17.0. The number of ether oxygens (including phenoxy) is 10. The van der Waals surface area contributed by atoms with E-state index in [-0.39, 0.29) is 88.1 Å². The minimum atomic E-state index is -2.44. The summed E-state index contributed by atoms with van der Waals surface area (Å²) < 4.78 is 59.3. The van der Waals surface area contributed by atoms with Crippen LogP contribution in [-0.2, 0) is 47.4 Å². The predicted molar refractivity (Wildman–Crippen MR) is 189 cm³/mol. The van der Waals surface area contributed by atoms with Crippen LogP contribution in [0.5, 0.6) is 0 Å². The zero-order chi connectivity index (χ0) is 43.6. The third-order valence-electron chi connectivity index (χ3n) is 11.7. The molecule has 6 heterocycles. The number of aliphatic hydroxyl groups is 12. The zero-order valence-corrected chi connectivity index (χ0v) is 43.6. The Balaban J connectivity index is 0.00000410. The SMILES string of the molecule is CC1O[C@H](C2(O[C@@H]3OC(CO)C(O)[C@H](O)C3OC3OC(C)[C@H](O)C(O)[C@@H]3O)O[C@@H]3C([NH-])[C@H](OCC4O[C@@H](OC(C)(C)C)C([NH-])[C@@H](O)C4O)OC(CO)C32)C(O)[C@H](O)C1O.[Ac].[Ac]. The number of hydrogen-bond donors (Lipinski definition) is 12. The molecule has 0 aromatic rings. The van der Waals surface area contributed by atoms with Crippen molar-refractivity contribution in [1.82, 2.24) is 0 Å². The smallest absolute Gasteiger partial charge is 0.208 e. The Morgan fingerprint density at radius 1 is 0.557 bits per heavy atom. The molecule has 26 atom stereocenters. The van der Waals surface area contributed by atoms with Crippen LogP contribution in [0.1, 0.15) is 34.6 Å². The first-order valence-corrected chi connectivity index (χ1v) is 19.6. The van der Waals surface area contributed by atoms with Crippen LogP contribution >= 0.6 is 0 Å². The summed E-state index contributed by atoms with van der Waals surface area (Å²) in [4.78, 5) is 0. The van der Waals surface area contributed by atoms with E-state index in [2.05, 4.69) is 0 Å². The van der Waals surface area contributed by atoms with Gasteiger partial charge in [-0.1, -0.05) is 12.1 Å². The van der Waals surface area contributed by atoms with Gasteiger partial charge in [0.25, 0.3) is 0 Å². The largest absolute Gasteiger partial charge is 0.668 e. The molecule has 16 unspecified atom stereocenters. The summed E-state index contributed by atoms with van der Waals surface area (Å²) in [7, 11) is 0. The van der Waals surface area contributed by atoms with Crippen molar-refractivity contribution >= 4 is 0 Å². The Hall–Kier alpha value is 1.92. The topological polar surface area (TPSA) is 383 Å². The van der Waals surface area contributed by atoms with Crippen LogP contribution < -0.4 is 0 Å². The monoisotopic (exact) mass is 1310 g/mol. The molecule has 6 aliphatic heterocycles. The second-order valence-electron chi connectivity index (χ2n) is 17.0. The molecule has 6 rings (SSSR count). The molecule has 0 aliphatic carbocycles. The van der Waals surface area contributed by atoms with Crippen molar-refractivity contribution in [1.29, 1.82) is 0 Å². The fraction of sp³-hybridized carbons (Fsp3) is 1.00. The number of aliphatic hydroxyl groups excluding tert-OH is 12. The molecule has 61 heavy (non-hydrogen) atoms. The van der Waals surface area contributed by atoms with E-state index in [1.54, 1.807) is 20.8 Å². The van der Waals surface area contributed by atoms with E-state index < -0.39 is 184 Å². The maximum Gasteiger partial charge on any atom is 0.208 e. The molecule has 6 saturated heterocycles. The van der Waals surface area contributed by atoms with Gasteiger partial charge in [-0.2, -0.15) is 0 Å². The van der Waals surface area contributed by atoms with E-state index in [0.29, 0.717) is 0 Å². The van der Waals surface area contributed by atoms with Gasteiger partial charge in [0.05, 0.1) is 61.9 Å². The Morgan fingerprint density at radius 2 is 1.10 bits per heavy atom. The van der Waals surface area contributed by atoms with E-state index in [0.717, 1.165) is 0 Å². The Bertz CT molecular complexity index is 1400. The molecule has 0 aromatic heterocycles. The molecular weight excluding hydrogens is 1250 g/mol. The minimum Gasteiger partial charge on any atom is -0.668 e. The van der Waals surface area contributed by atoms with Gasteiger partial charge in [-0.15, -0.1) is 0 Å². The second kappa shape index (κ2) is 22.1. The van der Waals surface area contributed by atoms with Crippen molar-refractivity contribution in [2.24, 2.45) is 5.92 Å². The Labute approximate surface area is 423 Å². The van der Waals surface area contributed by atoms with Gasteiger partial charge in [-0.3, -0.25) is 0 Å². The van der Waals surface area contributed by atoms with Crippen molar-refractivity contribution < 1.29 is 197 Å². The van der Waals surface area contributed by atoms with E-state index in [1.807, 2.05) is 0 Å². The number of nitrogens with one attached hydrogen (secondary N) is 2. The maximum atomic E-state index is 11.4.